The van der Waals surface area contributed by atoms with Crippen molar-refractivity contribution < 1.29 is 0 Å². The maximum atomic E-state index is 5.01. The van der Waals surface area contributed by atoms with Crippen LogP contribution in [0.3, 0.4) is 0 Å². The Hall–Kier alpha value is -3.07. The average Bonchev–Trinajstić information content (AvgIpc) is 3.25. The highest BCUT2D eigenvalue weighted by Crippen LogP contribution is 2.36. The Kier molecular flexibility index (Phi) is 3.80. The van der Waals surface area contributed by atoms with Gasteiger partial charge in [-0.2, -0.15) is 0 Å². The first-order chi connectivity index (χ1) is 13.5. The fourth-order valence-corrected chi connectivity index (χ4v) is 4.30. The monoisotopic (exact) mass is 367 g/mol. The summed E-state index contributed by atoms with van der Waals surface area (Å²) in [6, 6.07) is 19.5. The van der Waals surface area contributed by atoms with Gasteiger partial charge in [-0.25, -0.2) is 4.98 Å². The minimum atomic E-state index is 0.445. The van der Waals surface area contributed by atoms with E-state index in [0.29, 0.717) is 11.8 Å². The Morgan fingerprint density at radius 2 is 1.39 bits per heavy atom. The number of hydrogen-bond donors (Lipinski definition) is 2. The van der Waals surface area contributed by atoms with Gasteiger partial charge in [0.2, 0.25) is 0 Å². The minimum absolute atomic E-state index is 0.445. The molecule has 0 unspecified atom stereocenters. The summed E-state index contributed by atoms with van der Waals surface area (Å²) >= 11 is 0. The maximum absolute atomic E-state index is 5.01. The first kappa shape index (κ1) is 17.1. The zero-order valence-corrected chi connectivity index (χ0v) is 16.8. The first-order valence-electron chi connectivity index (χ1n) is 10.1. The van der Waals surface area contributed by atoms with Crippen LogP contribution in [0.15, 0.2) is 54.6 Å². The lowest BCUT2D eigenvalue weighted by Gasteiger charge is -2.17. The number of benzene rings is 3. The van der Waals surface area contributed by atoms with E-state index in [9.17, 15) is 0 Å². The summed E-state index contributed by atoms with van der Waals surface area (Å²) in [6.07, 6.45) is 0. The highest BCUT2D eigenvalue weighted by molar-refractivity contribution is 6.11. The third-order valence-corrected chi connectivity index (χ3v) is 5.72. The summed E-state index contributed by atoms with van der Waals surface area (Å²) in [5, 5.41) is 2.49. The lowest BCUT2D eigenvalue weighted by atomic mass is 9.88. The molecule has 3 aromatic carbocycles. The lowest BCUT2D eigenvalue weighted by Crippen LogP contribution is -2.00. The molecule has 0 saturated heterocycles. The van der Waals surface area contributed by atoms with Crippen molar-refractivity contribution in [2.24, 2.45) is 0 Å². The number of aromatic nitrogens is 3. The van der Waals surface area contributed by atoms with Crippen molar-refractivity contribution in [2.75, 3.05) is 0 Å². The third-order valence-electron chi connectivity index (χ3n) is 5.72. The molecule has 140 valence electrons. The summed E-state index contributed by atoms with van der Waals surface area (Å²) in [4.78, 5) is 12.2. The van der Waals surface area contributed by atoms with E-state index in [1.54, 1.807) is 0 Å². The van der Waals surface area contributed by atoms with E-state index in [2.05, 4.69) is 92.3 Å². The Labute approximate surface area is 164 Å². The van der Waals surface area contributed by atoms with Crippen LogP contribution in [0.4, 0.5) is 0 Å². The molecule has 3 heteroatoms. The van der Waals surface area contributed by atoms with Gasteiger partial charge in [-0.05, 0) is 41.2 Å². The summed E-state index contributed by atoms with van der Waals surface area (Å²) in [5.74, 6) is 1.86. The summed E-state index contributed by atoms with van der Waals surface area (Å²) in [7, 11) is 0. The molecule has 28 heavy (non-hydrogen) atoms. The lowest BCUT2D eigenvalue weighted by molar-refractivity contribution is 0.835. The van der Waals surface area contributed by atoms with Gasteiger partial charge >= 0.3 is 0 Å². The van der Waals surface area contributed by atoms with Gasteiger partial charge in [0, 0.05) is 27.4 Å². The van der Waals surface area contributed by atoms with Crippen LogP contribution in [-0.2, 0) is 0 Å². The van der Waals surface area contributed by atoms with Gasteiger partial charge in [-0.15, -0.1) is 0 Å². The number of aromatic amines is 2. The van der Waals surface area contributed by atoms with Crippen molar-refractivity contribution >= 4 is 32.8 Å². The van der Waals surface area contributed by atoms with E-state index in [0.717, 1.165) is 27.9 Å². The van der Waals surface area contributed by atoms with Crippen molar-refractivity contribution in [1.29, 1.82) is 0 Å². The van der Waals surface area contributed by atoms with Crippen LogP contribution >= 0.6 is 0 Å². The molecule has 2 aromatic heterocycles. The fraction of sp³-hybridized carbons (Fsp3) is 0.240. The zero-order chi connectivity index (χ0) is 19.4. The topological polar surface area (TPSA) is 44.5 Å². The molecule has 5 aromatic rings. The molecule has 5 rings (SSSR count). The molecule has 0 atom stereocenters. The van der Waals surface area contributed by atoms with Gasteiger partial charge in [0.05, 0.1) is 11.0 Å². The SMILES string of the molecule is CC(C)c1cccc(C(C)C)c1-c1nc2cc3[nH]c4ccccc4c3cc2[nH]1. The number of rotatable bonds is 3. The van der Waals surface area contributed by atoms with Crippen molar-refractivity contribution in [3.63, 3.8) is 0 Å². The standard InChI is InChI=1S/C25H25N3/c1-14(2)16-9-7-10-17(15(3)4)24(16)25-27-22-12-19-18-8-5-6-11-20(18)26-21(19)13-23(22)28-25/h5-15,26H,1-4H3,(H,27,28). The second-order valence-corrected chi connectivity index (χ2v) is 8.29. The number of nitrogens with one attached hydrogen (secondary N) is 2. The van der Waals surface area contributed by atoms with Crippen molar-refractivity contribution in [3.05, 3.63) is 65.7 Å². The average molecular weight is 367 g/mol. The number of imidazole rings is 1. The summed E-state index contributed by atoms with van der Waals surface area (Å²) in [6.45, 7) is 9.00. The second kappa shape index (κ2) is 6.23. The number of para-hydroxylation sites is 1. The number of nitrogens with zero attached hydrogens (tertiary/aromatic N) is 1. The summed E-state index contributed by atoms with van der Waals surface area (Å²) in [5.41, 5.74) is 8.34. The van der Waals surface area contributed by atoms with Crippen molar-refractivity contribution in [2.45, 2.75) is 39.5 Å². The molecule has 0 saturated carbocycles. The molecule has 0 aliphatic heterocycles. The van der Waals surface area contributed by atoms with Gasteiger partial charge in [0.15, 0.2) is 0 Å². The van der Waals surface area contributed by atoms with Gasteiger partial charge in [-0.3, -0.25) is 0 Å². The van der Waals surface area contributed by atoms with Gasteiger partial charge in [0.1, 0.15) is 5.82 Å². The van der Waals surface area contributed by atoms with Crippen LogP contribution in [0, 0.1) is 0 Å². The molecule has 0 bridgehead atoms. The largest absolute Gasteiger partial charge is 0.354 e. The van der Waals surface area contributed by atoms with E-state index in [4.69, 9.17) is 4.98 Å². The van der Waals surface area contributed by atoms with Crippen molar-refractivity contribution in [3.8, 4) is 11.4 Å². The molecule has 0 aliphatic rings. The highest BCUT2D eigenvalue weighted by atomic mass is 14.9. The van der Waals surface area contributed by atoms with Gasteiger partial charge in [0.25, 0.3) is 0 Å². The van der Waals surface area contributed by atoms with E-state index in [-0.39, 0.29) is 0 Å². The third kappa shape index (κ3) is 2.54. The Morgan fingerprint density at radius 3 is 2.11 bits per heavy atom. The Morgan fingerprint density at radius 1 is 0.679 bits per heavy atom. The smallest absolute Gasteiger partial charge is 0.139 e. The molecule has 0 amide bonds. The molecule has 2 N–H and O–H groups in total. The molecular formula is C25H25N3. The fourth-order valence-electron chi connectivity index (χ4n) is 4.30. The summed E-state index contributed by atoms with van der Waals surface area (Å²) < 4.78 is 0. The number of hydrogen-bond acceptors (Lipinski definition) is 1. The Bertz CT molecular complexity index is 1290. The highest BCUT2D eigenvalue weighted by Gasteiger charge is 2.18. The Balaban J connectivity index is 1.78. The maximum Gasteiger partial charge on any atom is 0.139 e. The molecule has 0 aliphatic carbocycles. The van der Waals surface area contributed by atoms with Crippen LogP contribution in [-0.4, -0.2) is 15.0 Å². The molecule has 0 fully saturated rings. The molecular weight excluding hydrogens is 342 g/mol. The number of fused-ring (bicyclic) bond motifs is 4. The van der Waals surface area contributed by atoms with Crippen molar-refractivity contribution in [1.82, 2.24) is 15.0 Å². The van der Waals surface area contributed by atoms with Gasteiger partial charge in [-0.1, -0.05) is 64.1 Å². The molecule has 3 nitrogen and oxygen atoms in total. The van der Waals surface area contributed by atoms with E-state index in [1.807, 2.05) is 0 Å². The predicted octanol–water partition coefficient (Wildman–Crippen LogP) is 7.11. The van der Waals surface area contributed by atoms with Crippen LogP contribution in [0.2, 0.25) is 0 Å². The quantitative estimate of drug-likeness (QED) is 0.350. The predicted molar refractivity (Wildman–Crippen MR) is 119 cm³/mol. The van der Waals surface area contributed by atoms with Crippen LogP contribution in [0.25, 0.3) is 44.2 Å². The first-order valence-corrected chi connectivity index (χ1v) is 10.1. The van der Waals surface area contributed by atoms with E-state index in [1.165, 1.54) is 27.5 Å². The second-order valence-electron chi connectivity index (χ2n) is 8.29. The van der Waals surface area contributed by atoms with Crippen LogP contribution in [0.1, 0.15) is 50.7 Å². The van der Waals surface area contributed by atoms with E-state index < -0.39 is 0 Å². The normalized spacial score (nSPS) is 12.2. The zero-order valence-electron chi connectivity index (χ0n) is 16.8. The molecule has 2 heterocycles. The molecule has 0 spiro atoms. The van der Waals surface area contributed by atoms with Gasteiger partial charge < -0.3 is 9.97 Å². The van der Waals surface area contributed by atoms with E-state index >= 15 is 0 Å². The minimum Gasteiger partial charge on any atom is -0.354 e. The van der Waals surface area contributed by atoms with Crippen LogP contribution < -0.4 is 0 Å². The molecule has 0 radical (unpaired) electrons. The number of H-pyrrole nitrogens is 2. The van der Waals surface area contributed by atoms with Crippen LogP contribution in [0.5, 0.6) is 0 Å².